The highest BCUT2D eigenvalue weighted by molar-refractivity contribution is 5.81. The summed E-state index contributed by atoms with van der Waals surface area (Å²) in [7, 11) is 1.36. The number of alkyl carbamates (subject to hydrolysis) is 1. The van der Waals surface area contributed by atoms with Gasteiger partial charge in [-0.25, -0.2) is 4.79 Å². The van der Waals surface area contributed by atoms with Crippen molar-refractivity contribution >= 4 is 17.0 Å². The minimum atomic E-state index is -0.404. The van der Waals surface area contributed by atoms with Gasteiger partial charge in [-0.3, -0.25) is 4.98 Å². The second kappa shape index (κ2) is 5.30. The van der Waals surface area contributed by atoms with Crippen molar-refractivity contribution in [3.8, 4) is 0 Å². The van der Waals surface area contributed by atoms with E-state index in [1.165, 1.54) is 7.11 Å². The predicted octanol–water partition coefficient (Wildman–Crippen LogP) is 2.13. The Kier molecular flexibility index (Phi) is 3.55. The molecule has 88 valence electrons. The van der Waals surface area contributed by atoms with E-state index in [9.17, 15) is 4.79 Å². The first-order valence-corrected chi connectivity index (χ1v) is 5.45. The molecule has 2 rings (SSSR count). The smallest absolute Gasteiger partial charge is 0.406 e. The Labute approximate surface area is 99.6 Å². The van der Waals surface area contributed by atoms with Gasteiger partial charge in [0.15, 0.2) is 0 Å². The molecule has 4 heteroatoms. The van der Waals surface area contributed by atoms with Crippen LogP contribution in [-0.4, -0.2) is 24.7 Å². The summed E-state index contributed by atoms with van der Waals surface area (Å²) in [5.74, 6) is 0. The molecule has 0 bridgehead atoms. The first-order chi connectivity index (χ1) is 8.31. The summed E-state index contributed by atoms with van der Waals surface area (Å²) in [5, 5.41) is 3.77. The van der Waals surface area contributed by atoms with Crippen molar-refractivity contribution in [2.45, 2.75) is 6.42 Å². The zero-order chi connectivity index (χ0) is 12.1. The number of rotatable bonds is 3. The van der Waals surface area contributed by atoms with Gasteiger partial charge in [0.1, 0.15) is 0 Å². The molecule has 0 saturated carbocycles. The number of aromatic nitrogens is 1. The zero-order valence-electron chi connectivity index (χ0n) is 9.64. The molecule has 17 heavy (non-hydrogen) atoms. The predicted molar refractivity (Wildman–Crippen MR) is 65.9 cm³/mol. The van der Waals surface area contributed by atoms with Crippen LogP contribution in [0.15, 0.2) is 36.5 Å². The summed E-state index contributed by atoms with van der Waals surface area (Å²) in [6.07, 6.45) is 2.11. The lowest BCUT2D eigenvalue weighted by molar-refractivity contribution is 0.171. The molecule has 2 aromatic rings. The average molecular weight is 230 g/mol. The van der Waals surface area contributed by atoms with Gasteiger partial charge in [0, 0.05) is 18.1 Å². The van der Waals surface area contributed by atoms with Gasteiger partial charge < -0.3 is 10.1 Å². The van der Waals surface area contributed by atoms with Gasteiger partial charge in [0.25, 0.3) is 0 Å². The molecule has 1 amide bonds. The highest BCUT2D eigenvalue weighted by Crippen LogP contribution is 2.15. The molecule has 0 aliphatic rings. The minimum Gasteiger partial charge on any atom is -0.453 e. The highest BCUT2D eigenvalue weighted by atomic mass is 16.5. The molecule has 1 heterocycles. The molecule has 0 radical (unpaired) electrons. The fourth-order valence-corrected chi connectivity index (χ4v) is 1.74. The Morgan fingerprint density at radius 3 is 3.00 bits per heavy atom. The Morgan fingerprint density at radius 1 is 1.35 bits per heavy atom. The van der Waals surface area contributed by atoms with Crippen LogP contribution in [-0.2, 0) is 11.2 Å². The van der Waals surface area contributed by atoms with Crippen molar-refractivity contribution in [3.63, 3.8) is 0 Å². The SMILES string of the molecule is COC(=O)NCCc1cccc2cccnc12. The van der Waals surface area contributed by atoms with Crippen molar-refractivity contribution in [2.24, 2.45) is 0 Å². The van der Waals surface area contributed by atoms with Crippen LogP contribution in [0.5, 0.6) is 0 Å². The molecule has 0 atom stereocenters. The van der Waals surface area contributed by atoms with Crippen LogP contribution < -0.4 is 5.32 Å². The number of hydrogen-bond acceptors (Lipinski definition) is 3. The summed E-state index contributed by atoms with van der Waals surface area (Å²) < 4.78 is 4.51. The number of amides is 1. The Balaban J connectivity index is 2.11. The van der Waals surface area contributed by atoms with Crippen molar-refractivity contribution in [1.29, 1.82) is 0 Å². The lowest BCUT2D eigenvalue weighted by Gasteiger charge is -2.06. The molecule has 0 unspecified atom stereocenters. The number of nitrogens with one attached hydrogen (secondary N) is 1. The minimum absolute atomic E-state index is 0.404. The molecular formula is C13H14N2O2. The standard InChI is InChI=1S/C13H14N2O2/c1-17-13(16)15-9-7-11-5-2-4-10-6-3-8-14-12(10)11/h2-6,8H,7,9H2,1H3,(H,15,16). The maximum absolute atomic E-state index is 10.9. The summed E-state index contributed by atoms with van der Waals surface area (Å²) in [4.78, 5) is 15.3. The van der Waals surface area contributed by atoms with E-state index < -0.39 is 6.09 Å². The average Bonchev–Trinajstić information content (AvgIpc) is 2.39. The Bertz CT molecular complexity index is 520. The number of pyridine rings is 1. The van der Waals surface area contributed by atoms with E-state index in [-0.39, 0.29) is 0 Å². The van der Waals surface area contributed by atoms with Crippen LogP contribution in [0.1, 0.15) is 5.56 Å². The molecule has 4 nitrogen and oxygen atoms in total. The maximum atomic E-state index is 10.9. The third-order valence-electron chi connectivity index (χ3n) is 2.57. The van der Waals surface area contributed by atoms with Gasteiger partial charge in [-0.2, -0.15) is 0 Å². The van der Waals surface area contributed by atoms with Gasteiger partial charge in [0.05, 0.1) is 12.6 Å². The number of fused-ring (bicyclic) bond motifs is 1. The third-order valence-corrected chi connectivity index (χ3v) is 2.57. The Morgan fingerprint density at radius 2 is 2.18 bits per heavy atom. The van der Waals surface area contributed by atoms with Crippen LogP contribution in [0.25, 0.3) is 10.9 Å². The van der Waals surface area contributed by atoms with E-state index in [0.29, 0.717) is 6.54 Å². The van der Waals surface area contributed by atoms with Crippen molar-refractivity contribution in [1.82, 2.24) is 10.3 Å². The maximum Gasteiger partial charge on any atom is 0.406 e. The lowest BCUT2D eigenvalue weighted by atomic mass is 10.1. The van der Waals surface area contributed by atoms with Gasteiger partial charge in [-0.1, -0.05) is 24.3 Å². The van der Waals surface area contributed by atoms with Gasteiger partial charge in [-0.15, -0.1) is 0 Å². The Hall–Kier alpha value is -2.10. The molecule has 1 aromatic carbocycles. The lowest BCUT2D eigenvalue weighted by Crippen LogP contribution is -2.25. The molecule has 0 spiro atoms. The van der Waals surface area contributed by atoms with Crippen molar-refractivity contribution in [2.75, 3.05) is 13.7 Å². The first kappa shape index (κ1) is 11.4. The summed E-state index contributed by atoms with van der Waals surface area (Å²) in [5.41, 5.74) is 2.11. The van der Waals surface area contributed by atoms with Crippen LogP contribution in [0.3, 0.4) is 0 Å². The van der Waals surface area contributed by atoms with E-state index in [1.54, 1.807) is 6.20 Å². The second-order valence-corrected chi connectivity index (χ2v) is 3.66. The van der Waals surface area contributed by atoms with Gasteiger partial charge >= 0.3 is 6.09 Å². The van der Waals surface area contributed by atoms with Crippen LogP contribution in [0.4, 0.5) is 4.79 Å². The molecular weight excluding hydrogens is 216 g/mol. The summed E-state index contributed by atoms with van der Waals surface area (Å²) >= 11 is 0. The van der Waals surface area contributed by atoms with Gasteiger partial charge in [0.2, 0.25) is 0 Å². The number of methoxy groups -OCH3 is 1. The quantitative estimate of drug-likeness (QED) is 0.878. The van der Waals surface area contributed by atoms with E-state index >= 15 is 0 Å². The number of hydrogen-bond donors (Lipinski definition) is 1. The number of carbonyl (C=O) groups excluding carboxylic acids is 1. The summed E-state index contributed by atoms with van der Waals surface area (Å²) in [6.45, 7) is 0.544. The van der Waals surface area contributed by atoms with Gasteiger partial charge in [-0.05, 0) is 18.1 Å². The largest absolute Gasteiger partial charge is 0.453 e. The number of nitrogens with zero attached hydrogens (tertiary/aromatic N) is 1. The highest BCUT2D eigenvalue weighted by Gasteiger charge is 2.02. The fourth-order valence-electron chi connectivity index (χ4n) is 1.74. The molecule has 1 N–H and O–H groups in total. The van der Waals surface area contributed by atoms with E-state index in [2.05, 4.69) is 15.0 Å². The summed E-state index contributed by atoms with van der Waals surface area (Å²) in [6, 6.07) is 9.99. The molecule has 1 aromatic heterocycles. The van der Waals surface area contributed by atoms with Crippen LogP contribution >= 0.6 is 0 Å². The van der Waals surface area contributed by atoms with Crippen LogP contribution in [0, 0.1) is 0 Å². The monoisotopic (exact) mass is 230 g/mol. The van der Waals surface area contributed by atoms with E-state index in [0.717, 1.165) is 22.9 Å². The number of carbonyl (C=O) groups is 1. The second-order valence-electron chi connectivity index (χ2n) is 3.66. The normalized spacial score (nSPS) is 10.2. The number of para-hydroxylation sites is 1. The van der Waals surface area contributed by atoms with Crippen molar-refractivity contribution < 1.29 is 9.53 Å². The number of ether oxygens (including phenoxy) is 1. The third kappa shape index (κ3) is 2.72. The molecule has 0 aliphatic heterocycles. The first-order valence-electron chi connectivity index (χ1n) is 5.45. The zero-order valence-corrected chi connectivity index (χ0v) is 9.64. The van der Waals surface area contributed by atoms with E-state index in [4.69, 9.17) is 0 Å². The molecule has 0 saturated heterocycles. The molecule has 0 aliphatic carbocycles. The van der Waals surface area contributed by atoms with E-state index in [1.807, 2.05) is 30.3 Å². The van der Waals surface area contributed by atoms with Crippen LogP contribution in [0.2, 0.25) is 0 Å². The number of benzene rings is 1. The topological polar surface area (TPSA) is 51.2 Å². The fraction of sp³-hybridized carbons (Fsp3) is 0.231. The van der Waals surface area contributed by atoms with Crippen molar-refractivity contribution in [3.05, 3.63) is 42.1 Å². The molecule has 0 fully saturated rings.